The van der Waals surface area contributed by atoms with Crippen LogP contribution in [0, 0.1) is 5.82 Å². The molecule has 1 aromatic heterocycles. The lowest BCUT2D eigenvalue weighted by Crippen LogP contribution is -2.45. The quantitative estimate of drug-likeness (QED) is 0.855. The monoisotopic (exact) mass is 358 g/mol. The molecule has 0 radical (unpaired) electrons. The number of pyridine rings is 1. The average molecular weight is 358 g/mol. The molecule has 1 aliphatic heterocycles. The van der Waals surface area contributed by atoms with Crippen molar-refractivity contribution in [2.24, 2.45) is 0 Å². The van der Waals surface area contributed by atoms with Gasteiger partial charge >= 0.3 is 0 Å². The van der Waals surface area contributed by atoms with Crippen LogP contribution in [0.5, 0.6) is 5.88 Å². The molecule has 138 valence electrons. The minimum atomic E-state index is -0.943. The third-order valence-electron chi connectivity index (χ3n) is 4.62. The molecule has 1 aliphatic rings. The summed E-state index contributed by atoms with van der Waals surface area (Å²) in [5, 5.41) is 2.88. The van der Waals surface area contributed by atoms with Crippen molar-refractivity contribution >= 4 is 11.6 Å². The zero-order chi connectivity index (χ0) is 18.4. The van der Waals surface area contributed by atoms with E-state index < -0.39 is 5.41 Å². The first-order valence-corrected chi connectivity index (χ1v) is 8.89. The fourth-order valence-corrected chi connectivity index (χ4v) is 3.18. The van der Waals surface area contributed by atoms with Crippen LogP contribution in [0.2, 0.25) is 0 Å². The molecule has 1 N–H and O–H groups in total. The highest BCUT2D eigenvalue weighted by Gasteiger charge is 2.43. The van der Waals surface area contributed by atoms with Crippen molar-refractivity contribution in [3.05, 3.63) is 54.0 Å². The van der Waals surface area contributed by atoms with Gasteiger partial charge in [0.25, 0.3) is 0 Å². The highest BCUT2D eigenvalue weighted by atomic mass is 19.1. The van der Waals surface area contributed by atoms with Crippen molar-refractivity contribution in [2.45, 2.75) is 31.6 Å². The summed E-state index contributed by atoms with van der Waals surface area (Å²) in [7, 11) is 0. The lowest BCUT2D eigenvalue weighted by molar-refractivity contribution is -0.125. The van der Waals surface area contributed by atoms with Crippen LogP contribution in [0.1, 0.15) is 31.7 Å². The maximum absolute atomic E-state index is 14.4. The Balaban J connectivity index is 1.81. The molecular weight excluding hydrogens is 335 g/mol. The fraction of sp³-hybridized carbons (Fsp3) is 0.400. The van der Waals surface area contributed by atoms with Gasteiger partial charge < -0.3 is 14.8 Å². The molecule has 1 saturated heterocycles. The second-order valence-corrected chi connectivity index (χ2v) is 6.36. The number of hydrogen-bond acceptors (Lipinski definition) is 4. The minimum Gasteiger partial charge on any atom is -0.478 e. The maximum atomic E-state index is 14.4. The Morgan fingerprint density at radius 3 is 2.69 bits per heavy atom. The second kappa shape index (κ2) is 8.27. The van der Waals surface area contributed by atoms with E-state index >= 15 is 0 Å². The van der Waals surface area contributed by atoms with Crippen molar-refractivity contribution in [3.63, 3.8) is 0 Å². The number of carbonyl (C=O) groups is 1. The Morgan fingerprint density at radius 2 is 2.04 bits per heavy atom. The van der Waals surface area contributed by atoms with E-state index in [-0.39, 0.29) is 11.7 Å². The van der Waals surface area contributed by atoms with Crippen LogP contribution in [0.25, 0.3) is 0 Å². The number of aromatic nitrogens is 1. The molecule has 1 amide bonds. The lowest BCUT2D eigenvalue weighted by atomic mass is 9.73. The number of ether oxygens (including phenoxy) is 2. The number of nitrogens with one attached hydrogen (secondary N) is 1. The van der Waals surface area contributed by atoms with Crippen LogP contribution in [0.4, 0.5) is 10.1 Å². The SMILES string of the molecule is CCCOc1ccc(NC(=O)C2(c3ccccc3F)CCOCC2)cn1. The molecule has 0 spiro atoms. The van der Waals surface area contributed by atoms with Gasteiger partial charge in [-0.2, -0.15) is 0 Å². The number of nitrogens with zero attached hydrogens (tertiary/aromatic N) is 1. The lowest BCUT2D eigenvalue weighted by Gasteiger charge is -2.36. The predicted octanol–water partition coefficient (Wildman–Crippen LogP) is 3.70. The molecular formula is C20H23FN2O3. The molecule has 5 nitrogen and oxygen atoms in total. The van der Waals surface area contributed by atoms with Gasteiger partial charge in [0.1, 0.15) is 5.82 Å². The first-order valence-electron chi connectivity index (χ1n) is 8.89. The van der Waals surface area contributed by atoms with Crippen molar-refractivity contribution in [1.29, 1.82) is 0 Å². The summed E-state index contributed by atoms with van der Waals surface area (Å²) in [6.07, 6.45) is 3.32. The van der Waals surface area contributed by atoms with Gasteiger partial charge in [0, 0.05) is 24.8 Å². The van der Waals surface area contributed by atoms with Crippen LogP contribution in [-0.2, 0) is 14.9 Å². The number of benzene rings is 1. The Hall–Kier alpha value is -2.47. The number of halogens is 1. The van der Waals surface area contributed by atoms with Crippen molar-refractivity contribution in [2.75, 3.05) is 25.1 Å². The van der Waals surface area contributed by atoms with Crippen molar-refractivity contribution in [1.82, 2.24) is 4.98 Å². The van der Waals surface area contributed by atoms with Crippen molar-refractivity contribution in [3.8, 4) is 5.88 Å². The molecule has 1 aromatic carbocycles. The molecule has 0 atom stereocenters. The van der Waals surface area contributed by atoms with E-state index in [2.05, 4.69) is 10.3 Å². The number of rotatable bonds is 6. The summed E-state index contributed by atoms with van der Waals surface area (Å²) in [4.78, 5) is 17.3. The van der Waals surface area contributed by atoms with Gasteiger partial charge in [0.05, 0.1) is 23.9 Å². The highest BCUT2D eigenvalue weighted by Crippen LogP contribution is 2.37. The molecule has 0 unspecified atom stereocenters. The largest absolute Gasteiger partial charge is 0.478 e. The molecule has 2 aromatic rings. The summed E-state index contributed by atoms with van der Waals surface area (Å²) >= 11 is 0. The maximum Gasteiger partial charge on any atom is 0.235 e. The van der Waals surface area contributed by atoms with E-state index in [4.69, 9.17) is 9.47 Å². The van der Waals surface area contributed by atoms with Crippen LogP contribution < -0.4 is 10.1 Å². The topological polar surface area (TPSA) is 60.5 Å². The highest BCUT2D eigenvalue weighted by molar-refractivity contribution is 5.99. The smallest absolute Gasteiger partial charge is 0.235 e. The molecule has 6 heteroatoms. The van der Waals surface area contributed by atoms with Crippen LogP contribution in [-0.4, -0.2) is 30.7 Å². The molecule has 3 rings (SSSR count). The van der Waals surface area contributed by atoms with Crippen LogP contribution in [0.3, 0.4) is 0 Å². The average Bonchev–Trinajstić information content (AvgIpc) is 2.68. The first-order chi connectivity index (χ1) is 12.7. The Kier molecular flexibility index (Phi) is 5.83. The zero-order valence-electron chi connectivity index (χ0n) is 14.8. The van der Waals surface area contributed by atoms with Gasteiger partial charge in [-0.3, -0.25) is 4.79 Å². The molecule has 1 fully saturated rings. The van der Waals surface area contributed by atoms with Gasteiger partial charge in [0.15, 0.2) is 0 Å². The van der Waals surface area contributed by atoms with Gasteiger partial charge in [0.2, 0.25) is 11.8 Å². The Labute approximate surface area is 152 Å². The van der Waals surface area contributed by atoms with Gasteiger partial charge in [-0.05, 0) is 31.4 Å². The summed E-state index contributed by atoms with van der Waals surface area (Å²) < 4.78 is 25.3. The van der Waals surface area contributed by atoms with Crippen LogP contribution in [0.15, 0.2) is 42.6 Å². The van der Waals surface area contributed by atoms with E-state index in [1.54, 1.807) is 36.5 Å². The van der Waals surface area contributed by atoms with E-state index in [0.29, 0.717) is 49.8 Å². The molecule has 0 saturated carbocycles. The second-order valence-electron chi connectivity index (χ2n) is 6.36. The number of hydrogen-bond donors (Lipinski definition) is 1. The third-order valence-corrected chi connectivity index (χ3v) is 4.62. The zero-order valence-corrected chi connectivity index (χ0v) is 14.8. The van der Waals surface area contributed by atoms with Gasteiger partial charge in [-0.25, -0.2) is 9.37 Å². The van der Waals surface area contributed by atoms with E-state index in [1.165, 1.54) is 6.07 Å². The molecule has 2 heterocycles. The standard InChI is InChI=1S/C20H23FN2O3/c1-2-11-26-18-8-7-15(14-22-18)23-19(24)20(9-12-25-13-10-20)16-5-3-4-6-17(16)21/h3-8,14H,2,9-13H2,1H3,(H,23,24). The van der Waals surface area contributed by atoms with Gasteiger partial charge in [-0.1, -0.05) is 25.1 Å². The van der Waals surface area contributed by atoms with E-state index in [0.717, 1.165) is 6.42 Å². The molecule has 0 aliphatic carbocycles. The Bertz CT molecular complexity index is 743. The normalized spacial score (nSPS) is 16.1. The van der Waals surface area contributed by atoms with Crippen molar-refractivity contribution < 1.29 is 18.7 Å². The third kappa shape index (κ3) is 3.85. The summed E-state index contributed by atoms with van der Waals surface area (Å²) in [6, 6.07) is 9.91. The number of anilines is 1. The molecule has 0 bridgehead atoms. The summed E-state index contributed by atoms with van der Waals surface area (Å²) in [6.45, 7) is 3.45. The van der Waals surface area contributed by atoms with E-state index in [9.17, 15) is 9.18 Å². The number of amides is 1. The summed E-state index contributed by atoms with van der Waals surface area (Å²) in [5.41, 5.74) is 0.0266. The van der Waals surface area contributed by atoms with Gasteiger partial charge in [-0.15, -0.1) is 0 Å². The first kappa shape index (κ1) is 18.3. The van der Waals surface area contributed by atoms with Crippen LogP contribution >= 0.6 is 0 Å². The fourth-order valence-electron chi connectivity index (χ4n) is 3.18. The Morgan fingerprint density at radius 1 is 1.27 bits per heavy atom. The number of carbonyl (C=O) groups excluding carboxylic acids is 1. The van der Waals surface area contributed by atoms with E-state index in [1.807, 2.05) is 6.92 Å². The summed E-state index contributed by atoms with van der Waals surface area (Å²) in [5.74, 6) is -0.0966. The predicted molar refractivity (Wildman–Crippen MR) is 96.8 cm³/mol. The molecule has 26 heavy (non-hydrogen) atoms. The minimum absolute atomic E-state index is 0.241.